The highest BCUT2D eigenvalue weighted by molar-refractivity contribution is 5.63. The molecule has 0 bridgehead atoms. The molecule has 0 saturated carbocycles. The van der Waals surface area contributed by atoms with Gasteiger partial charge in [0.1, 0.15) is 11.4 Å². The van der Waals surface area contributed by atoms with Crippen LogP contribution in [0.5, 0.6) is 5.75 Å². The summed E-state index contributed by atoms with van der Waals surface area (Å²) < 4.78 is 5.00. The average molecular weight is 251 g/mol. The van der Waals surface area contributed by atoms with E-state index in [1.165, 1.54) is 13.2 Å². The fourth-order valence-electron chi connectivity index (χ4n) is 2.08. The van der Waals surface area contributed by atoms with Crippen molar-refractivity contribution in [1.29, 1.82) is 0 Å². The summed E-state index contributed by atoms with van der Waals surface area (Å²) in [4.78, 5) is 10.6. The third-order valence-corrected chi connectivity index (χ3v) is 3.15. The van der Waals surface area contributed by atoms with Gasteiger partial charge in [-0.1, -0.05) is 0 Å². The Labute approximate surface area is 105 Å². The van der Waals surface area contributed by atoms with Gasteiger partial charge in [0.05, 0.1) is 18.1 Å². The minimum Gasteiger partial charge on any atom is -0.496 e. The summed E-state index contributed by atoms with van der Waals surface area (Å²) in [6.07, 6.45) is 1.11. The van der Waals surface area contributed by atoms with E-state index >= 15 is 0 Å². The number of nitro benzene ring substituents is 1. The number of hydrogen-bond acceptors (Lipinski definition) is 5. The fourth-order valence-corrected chi connectivity index (χ4v) is 2.08. The standard InChI is InChI=1S/C12H17N3O3/c1-18-10-2-3-11(12(6-10)15(16)17)14-8-9-4-5-13-7-9/h2-3,6,9,13-14H,4-5,7-8H2,1H3. The first-order chi connectivity index (χ1) is 8.70. The quantitative estimate of drug-likeness (QED) is 0.614. The topological polar surface area (TPSA) is 76.4 Å². The Balaban J connectivity index is 2.08. The van der Waals surface area contributed by atoms with Crippen molar-refractivity contribution in [3.05, 3.63) is 28.3 Å². The molecular weight excluding hydrogens is 234 g/mol. The van der Waals surface area contributed by atoms with Gasteiger partial charge in [-0.05, 0) is 37.6 Å². The van der Waals surface area contributed by atoms with Crippen molar-refractivity contribution in [2.75, 3.05) is 32.1 Å². The van der Waals surface area contributed by atoms with Crippen molar-refractivity contribution in [2.24, 2.45) is 5.92 Å². The van der Waals surface area contributed by atoms with Gasteiger partial charge in [-0.3, -0.25) is 10.1 Å². The molecular formula is C12H17N3O3. The maximum Gasteiger partial charge on any atom is 0.296 e. The van der Waals surface area contributed by atoms with Gasteiger partial charge in [0.25, 0.3) is 5.69 Å². The number of nitrogens with zero attached hydrogens (tertiary/aromatic N) is 1. The molecule has 1 unspecified atom stereocenters. The molecule has 1 aromatic carbocycles. The normalized spacial score (nSPS) is 18.6. The molecule has 0 aromatic heterocycles. The number of methoxy groups -OCH3 is 1. The molecule has 6 heteroatoms. The molecule has 1 heterocycles. The third kappa shape index (κ3) is 2.89. The van der Waals surface area contributed by atoms with Crippen molar-refractivity contribution in [3.8, 4) is 5.75 Å². The lowest BCUT2D eigenvalue weighted by atomic mass is 10.1. The molecule has 6 nitrogen and oxygen atoms in total. The molecule has 2 N–H and O–H groups in total. The van der Waals surface area contributed by atoms with E-state index in [-0.39, 0.29) is 5.69 Å². The van der Waals surface area contributed by atoms with Crippen LogP contribution in [0.1, 0.15) is 6.42 Å². The van der Waals surface area contributed by atoms with Crippen LogP contribution in [-0.2, 0) is 0 Å². The van der Waals surface area contributed by atoms with Crippen molar-refractivity contribution in [2.45, 2.75) is 6.42 Å². The van der Waals surface area contributed by atoms with Crippen LogP contribution in [0.3, 0.4) is 0 Å². The first-order valence-electron chi connectivity index (χ1n) is 5.97. The van der Waals surface area contributed by atoms with Gasteiger partial charge in [-0.2, -0.15) is 0 Å². The minimum atomic E-state index is -0.391. The van der Waals surface area contributed by atoms with Crippen LogP contribution in [-0.4, -0.2) is 31.7 Å². The van der Waals surface area contributed by atoms with Crippen LogP contribution in [0.4, 0.5) is 11.4 Å². The Morgan fingerprint density at radius 1 is 1.61 bits per heavy atom. The fraction of sp³-hybridized carbons (Fsp3) is 0.500. The van der Waals surface area contributed by atoms with Crippen molar-refractivity contribution < 1.29 is 9.66 Å². The van der Waals surface area contributed by atoms with Gasteiger partial charge in [-0.15, -0.1) is 0 Å². The predicted molar refractivity (Wildman–Crippen MR) is 69.1 cm³/mol. The number of benzene rings is 1. The lowest BCUT2D eigenvalue weighted by molar-refractivity contribution is -0.384. The van der Waals surface area contributed by atoms with Crippen LogP contribution in [0.2, 0.25) is 0 Å². The lowest BCUT2D eigenvalue weighted by Crippen LogP contribution is -2.17. The van der Waals surface area contributed by atoms with Crippen molar-refractivity contribution in [3.63, 3.8) is 0 Å². The molecule has 1 fully saturated rings. The van der Waals surface area contributed by atoms with Crippen LogP contribution in [0.15, 0.2) is 18.2 Å². The van der Waals surface area contributed by atoms with Gasteiger partial charge in [0.15, 0.2) is 0 Å². The zero-order valence-corrected chi connectivity index (χ0v) is 10.3. The van der Waals surface area contributed by atoms with Gasteiger partial charge in [0, 0.05) is 6.54 Å². The molecule has 0 spiro atoms. The molecule has 1 aliphatic rings. The molecule has 1 atom stereocenters. The zero-order valence-electron chi connectivity index (χ0n) is 10.3. The number of nitro groups is 1. The molecule has 98 valence electrons. The summed E-state index contributed by atoms with van der Waals surface area (Å²) in [7, 11) is 1.50. The second kappa shape index (κ2) is 5.68. The van der Waals surface area contributed by atoms with Gasteiger partial charge >= 0.3 is 0 Å². The number of nitrogens with one attached hydrogen (secondary N) is 2. The van der Waals surface area contributed by atoms with Crippen LogP contribution in [0, 0.1) is 16.0 Å². The maximum atomic E-state index is 11.0. The molecule has 1 aromatic rings. The molecule has 18 heavy (non-hydrogen) atoms. The van der Waals surface area contributed by atoms with Crippen LogP contribution in [0.25, 0.3) is 0 Å². The minimum absolute atomic E-state index is 0.0558. The van der Waals surface area contributed by atoms with Gasteiger partial charge in [-0.25, -0.2) is 0 Å². The molecule has 0 radical (unpaired) electrons. The largest absolute Gasteiger partial charge is 0.496 e. The van der Waals surface area contributed by atoms with E-state index in [9.17, 15) is 10.1 Å². The van der Waals surface area contributed by atoms with Crippen molar-refractivity contribution in [1.82, 2.24) is 5.32 Å². The van der Waals surface area contributed by atoms with E-state index in [0.29, 0.717) is 17.4 Å². The van der Waals surface area contributed by atoms with Crippen LogP contribution >= 0.6 is 0 Å². The van der Waals surface area contributed by atoms with Gasteiger partial charge in [0.2, 0.25) is 0 Å². The SMILES string of the molecule is COc1ccc(NCC2CCNC2)c([N+](=O)[O-])c1. The van der Waals surface area contributed by atoms with E-state index in [0.717, 1.165) is 26.1 Å². The van der Waals surface area contributed by atoms with E-state index in [4.69, 9.17) is 4.74 Å². The Morgan fingerprint density at radius 2 is 2.44 bits per heavy atom. The monoisotopic (exact) mass is 251 g/mol. The number of rotatable bonds is 5. The summed E-state index contributed by atoms with van der Waals surface area (Å²) in [6.45, 7) is 2.74. The maximum absolute atomic E-state index is 11.0. The molecule has 0 aliphatic carbocycles. The van der Waals surface area contributed by atoms with E-state index in [1.807, 2.05) is 0 Å². The number of ether oxygens (including phenoxy) is 1. The Kier molecular flexibility index (Phi) is 3.99. The number of anilines is 1. The summed E-state index contributed by atoms with van der Waals surface area (Å²) in [5.74, 6) is 1.03. The lowest BCUT2D eigenvalue weighted by Gasteiger charge is -2.12. The van der Waals surface area contributed by atoms with E-state index in [1.54, 1.807) is 12.1 Å². The average Bonchev–Trinajstić information content (AvgIpc) is 2.89. The summed E-state index contributed by atoms with van der Waals surface area (Å²) in [5.41, 5.74) is 0.605. The Morgan fingerprint density at radius 3 is 3.06 bits per heavy atom. The summed E-state index contributed by atoms with van der Waals surface area (Å²) in [6, 6.07) is 4.86. The van der Waals surface area contributed by atoms with Crippen LogP contribution < -0.4 is 15.4 Å². The highest BCUT2D eigenvalue weighted by Gasteiger charge is 2.18. The van der Waals surface area contributed by atoms with E-state index < -0.39 is 4.92 Å². The number of hydrogen-bond donors (Lipinski definition) is 2. The highest BCUT2D eigenvalue weighted by atomic mass is 16.6. The highest BCUT2D eigenvalue weighted by Crippen LogP contribution is 2.29. The molecule has 2 rings (SSSR count). The predicted octanol–water partition coefficient (Wildman–Crippen LogP) is 1.62. The molecule has 0 amide bonds. The van der Waals surface area contributed by atoms with Crippen molar-refractivity contribution >= 4 is 11.4 Å². The summed E-state index contributed by atoms with van der Waals surface area (Å²) in [5, 5.41) is 17.4. The first-order valence-corrected chi connectivity index (χ1v) is 5.97. The van der Waals surface area contributed by atoms with Gasteiger partial charge < -0.3 is 15.4 Å². The van der Waals surface area contributed by atoms with E-state index in [2.05, 4.69) is 10.6 Å². The summed E-state index contributed by atoms with van der Waals surface area (Å²) >= 11 is 0. The smallest absolute Gasteiger partial charge is 0.296 e. The zero-order chi connectivity index (χ0) is 13.0. The first kappa shape index (κ1) is 12.6. The Bertz CT molecular complexity index is 431. The Hall–Kier alpha value is -1.82. The molecule has 1 aliphatic heterocycles. The third-order valence-electron chi connectivity index (χ3n) is 3.15. The second-order valence-corrected chi connectivity index (χ2v) is 4.38. The molecule has 1 saturated heterocycles. The second-order valence-electron chi connectivity index (χ2n) is 4.38.